The van der Waals surface area contributed by atoms with Gasteiger partial charge in [0.05, 0.1) is 6.61 Å². The maximum atomic E-state index is 5.79. The Balaban J connectivity index is 2.23. The molecule has 18 heavy (non-hydrogen) atoms. The summed E-state index contributed by atoms with van der Waals surface area (Å²) in [5.74, 6) is 0. The van der Waals surface area contributed by atoms with Crippen LogP contribution in [0.15, 0.2) is 22.6 Å². The molecule has 0 bridgehead atoms. The molecule has 0 aliphatic heterocycles. The molecule has 0 radical (unpaired) electrons. The average molecular weight is 284 g/mol. The van der Waals surface area contributed by atoms with Crippen LogP contribution in [0.4, 0.5) is 0 Å². The Labute approximate surface area is 113 Å². The van der Waals surface area contributed by atoms with Crippen molar-refractivity contribution in [1.82, 2.24) is 24.9 Å². The first-order valence-corrected chi connectivity index (χ1v) is 6.38. The van der Waals surface area contributed by atoms with Crippen molar-refractivity contribution in [1.29, 1.82) is 0 Å². The van der Waals surface area contributed by atoms with Crippen molar-refractivity contribution in [3.8, 4) is 6.01 Å². The lowest BCUT2D eigenvalue weighted by Gasteiger charge is -2.03. The Hall–Kier alpha value is -1.47. The maximum absolute atomic E-state index is 5.79. The maximum Gasteiger partial charge on any atom is 0.321 e. The first-order valence-electron chi connectivity index (χ1n) is 5.19. The van der Waals surface area contributed by atoms with E-state index >= 15 is 0 Å². The van der Waals surface area contributed by atoms with E-state index in [-0.39, 0.29) is 11.3 Å². The lowest BCUT2D eigenvalue weighted by Crippen LogP contribution is -2.01. The number of rotatable bonds is 4. The zero-order chi connectivity index (χ0) is 13.0. The van der Waals surface area contributed by atoms with Gasteiger partial charge in [-0.3, -0.25) is 0 Å². The molecule has 0 unspecified atom stereocenters. The highest BCUT2D eigenvalue weighted by Crippen LogP contribution is 2.23. The Kier molecular flexibility index (Phi) is 4.27. The standard InChI is InChI=1S/C10H10ClN5OS/c1-3-17-8-14-7(11)15-10(16-8)18-9-12-5-4-6(2)13-9/h4-5H,3H2,1-2H3. The minimum Gasteiger partial charge on any atom is -0.464 e. The summed E-state index contributed by atoms with van der Waals surface area (Å²) in [4.78, 5) is 20.3. The Bertz CT molecular complexity index is 554. The number of ether oxygens (including phenoxy) is 1. The molecule has 0 saturated carbocycles. The molecule has 0 aliphatic rings. The van der Waals surface area contributed by atoms with Gasteiger partial charge in [-0.2, -0.15) is 15.0 Å². The van der Waals surface area contributed by atoms with E-state index in [4.69, 9.17) is 16.3 Å². The molecule has 2 heterocycles. The fourth-order valence-electron chi connectivity index (χ4n) is 1.11. The summed E-state index contributed by atoms with van der Waals surface area (Å²) in [5, 5.41) is 1.05. The molecule has 0 atom stereocenters. The van der Waals surface area contributed by atoms with Gasteiger partial charge in [-0.15, -0.1) is 0 Å². The van der Waals surface area contributed by atoms with Crippen molar-refractivity contribution < 1.29 is 4.74 Å². The van der Waals surface area contributed by atoms with E-state index in [2.05, 4.69) is 24.9 Å². The Morgan fingerprint density at radius 1 is 1.22 bits per heavy atom. The SMILES string of the molecule is CCOc1nc(Cl)nc(Sc2nccc(C)n2)n1. The fourth-order valence-corrected chi connectivity index (χ4v) is 2.04. The number of aryl methyl sites for hydroxylation is 1. The summed E-state index contributed by atoms with van der Waals surface area (Å²) < 4.78 is 5.19. The number of aromatic nitrogens is 5. The molecule has 0 fully saturated rings. The predicted molar refractivity (Wildman–Crippen MR) is 66.9 cm³/mol. The highest BCUT2D eigenvalue weighted by molar-refractivity contribution is 7.99. The second kappa shape index (κ2) is 5.92. The third-order valence-electron chi connectivity index (χ3n) is 1.80. The first kappa shape index (κ1) is 13.0. The van der Waals surface area contributed by atoms with Gasteiger partial charge in [0.1, 0.15) is 0 Å². The third-order valence-corrected chi connectivity index (χ3v) is 2.71. The lowest BCUT2D eigenvalue weighted by molar-refractivity contribution is 0.307. The lowest BCUT2D eigenvalue weighted by atomic mass is 10.5. The van der Waals surface area contributed by atoms with E-state index in [0.29, 0.717) is 16.9 Å². The summed E-state index contributed by atoms with van der Waals surface area (Å²) in [6.45, 7) is 4.19. The van der Waals surface area contributed by atoms with E-state index in [1.54, 1.807) is 6.20 Å². The zero-order valence-corrected chi connectivity index (χ0v) is 11.4. The van der Waals surface area contributed by atoms with Crippen LogP contribution in [0.1, 0.15) is 12.6 Å². The summed E-state index contributed by atoms with van der Waals surface area (Å²) in [6.07, 6.45) is 1.68. The molecule has 0 aromatic carbocycles. The van der Waals surface area contributed by atoms with Crippen LogP contribution in [0.3, 0.4) is 0 Å². The molecule has 2 rings (SSSR count). The van der Waals surface area contributed by atoms with Crippen LogP contribution in [-0.4, -0.2) is 31.5 Å². The van der Waals surface area contributed by atoms with Gasteiger partial charge in [0.15, 0.2) is 5.16 Å². The van der Waals surface area contributed by atoms with E-state index in [0.717, 1.165) is 5.69 Å². The highest BCUT2D eigenvalue weighted by Gasteiger charge is 2.09. The molecule has 2 aromatic heterocycles. The van der Waals surface area contributed by atoms with Crippen molar-refractivity contribution in [2.45, 2.75) is 24.2 Å². The van der Waals surface area contributed by atoms with Crippen LogP contribution >= 0.6 is 23.4 Å². The number of hydrogen-bond acceptors (Lipinski definition) is 7. The van der Waals surface area contributed by atoms with Gasteiger partial charge in [-0.1, -0.05) is 0 Å². The predicted octanol–water partition coefficient (Wildman–Crippen LogP) is 2.17. The van der Waals surface area contributed by atoms with Gasteiger partial charge < -0.3 is 4.74 Å². The third kappa shape index (κ3) is 3.51. The molecule has 8 heteroatoms. The van der Waals surface area contributed by atoms with Crippen LogP contribution in [0.2, 0.25) is 5.28 Å². The minimum absolute atomic E-state index is 0.0867. The van der Waals surface area contributed by atoms with Gasteiger partial charge >= 0.3 is 6.01 Å². The summed E-state index contributed by atoms with van der Waals surface area (Å²) in [6, 6.07) is 2.02. The van der Waals surface area contributed by atoms with Gasteiger partial charge in [-0.05, 0) is 43.3 Å². The second-order valence-electron chi connectivity index (χ2n) is 3.19. The van der Waals surface area contributed by atoms with E-state index in [1.165, 1.54) is 11.8 Å². The van der Waals surface area contributed by atoms with Gasteiger partial charge in [0.2, 0.25) is 10.4 Å². The summed E-state index contributed by atoms with van der Waals surface area (Å²) in [7, 11) is 0. The average Bonchev–Trinajstić information content (AvgIpc) is 2.28. The fraction of sp³-hybridized carbons (Fsp3) is 0.300. The van der Waals surface area contributed by atoms with Crippen molar-refractivity contribution >= 4 is 23.4 Å². The molecule has 0 aliphatic carbocycles. The number of hydrogen-bond donors (Lipinski definition) is 0. The van der Waals surface area contributed by atoms with Gasteiger partial charge in [-0.25, -0.2) is 9.97 Å². The Morgan fingerprint density at radius 2 is 2.06 bits per heavy atom. The zero-order valence-electron chi connectivity index (χ0n) is 9.79. The molecule has 0 N–H and O–H groups in total. The van der Waals surface area contributed by atoms with Crippen molar-refractivity contribution in [2.24, 2.45) is 0 Å². The van der Waals surface area contributed by atoms with Crippen LogP contribution in [-0.2, 0) is 0 Å². The monoisotopic (exact) mass is 283 g/mol. The molecule has 0 saturated heterocycles. The van der Waals surface area contributed by atoms with E-state index in [1.807, 2.05) is 19.9 Å². The first-order chi connectivity index (χ1) is 8.67. The molecule has 2 aromatic rings. The highest BCUT2D eigenvalue weighted by atomic mass is 35.5. The largest absolute Gasteiger partial charge is 0.464 e. The van der Waals surface area contributed by atoms with Crippen molar-refractivity contribution in [2.75, 3.05) is 6.61 Å². The second-order valence-corrected chi connectivity index (χ2v) is 4.46. The van der Waals surface area contributed by atoms with Crippen LogP contribution in [0, 0.1) is 6.92 Å². The molecule has 0 amide bonds. The smallest absolute Gasteiger partial charge is 0.321 e. The van der Waals surface area contributed by atoms with Crippen LogP contribution < -0.4 is 4.74 Å². The van der Waals surface area contributed by atoms with Crippen LogP contribution in [0.5, 0.6) is 6.01 Å². The molecule has 94 valence electrons. The molecule has 6 nitrogen and oxygen atoms in total. The van der Waals surface area contributed by atoms with E-state index < -0.39 is 0 Å². The minimum atomic E-state index is 0.0867. The molecule has 0 spiro atoms. The van der Waals surface area contributed by atoms with E-state index in [9.17, 15) is 0 Å². The Morgan fingerprint density at radius 3 is 2.78 bits per heavy atom. The summed E-state index contributed by atoms with van der Waals surface area (Å²) in [5.41, 5.74) is 0.873. The van der Waals surface area contributed by atoms with Crippen molar-refractivity contribution in [3.63, 3.8) is 0 Å². The topological polar surface area (TPSA) is 73.7 Å². The number of halogens is 1. The number of nitrogens with zero attached hydrogens (tertiary/aromatic N) is 5. The van der Waals surface area contributed by atoms with Gasteiger partial charge in [0.25, 0.3) is 0 Å². The quantitative estimate of drug-likeness (QED) is 0.796. The van der Waals surface area contributed by atoms with Gasteiger partial charge in [0, 0.05) is 11.9 Å². The van der Waals surface area contributed by atoms with Crippen LogP contribution in [0.25, 0.3) is 0 Å². The molecular weight excluding hydrogens is 274 g/mol. The summed E-state index contributed by atoms with van der Waals surface area (Å²) >= 11 is 6.99. The molecular formula is C10H10ClN5OS. The van der Waals surface area contributed by atoms with Crippen molar-refractivity contribution in [3.05, 3.63) is 23.2 Å². The normalized spacial score (nSPS) is 10.4.